The number of anilines is 1. The standard InChI is InChI=1S/C24H15ClFNO2S/c25-20-14-18(9-11-21(20)26)15-23-24(28)19-13-17(10-12-22(19)27-30(23)29)8-4-7-16-5-2-1-3-6-16/h1-3,5-6,9-15,27H,7H2/b23-15-. The highest BCUT2D eigenvalue weighted by Gasteiger charge is 2.27. The molecule has 3 aromatic rings. The fraction of sp³-hybridized carbons (Fsp3) is 0.0417. The Bertz CT molecular complexity index is 1260. The molecule has 0 fully saturated rings. The fourth-order valence-electron chi connectivity index (χ4n) is 2.99. The van der Waals surface area contributed by atoms with Crippen LogP contribution < -0.4 is 4.72 Å². The Labute approximate surface area is 181 Å². The van der Waals surface area contributed by atoms with Gasteiger partial charge in [0.2, 0.25) is 5.78 Å². The number of allylic oxidation sites excluding steroid dienone is 1. The second-order valence-electron chi connectivity index (χ2n) is 6.61. The molecule has 0 radical (unpaired) electrons. The Morgan fingerprint density at radius 1 is 1.07 bits per heavy atom. The van der Waals surface area contributed by atoms with Crippen molar-refractivity contribution in [3.8, 4) is 11.8 Å². The van der Waals surface area contributed by atoms with Crippen LogP contribution in [0.2, 0.25) is 5.02 Å². The molecule has 3 aromatic carbocycles. The van der Waals surface area contributed by atoms with E-state index in [9.17, 15) is 13.4 Å². The average molecular weight is 436 g/mol. The first-order valence-corrected chi connectivity index (χ1v) is 10.6. The van der Waals surface area contributed by atoms with Gasteiger partial charge >= 0.3 is 0 Å². The molecule has 30 heavy (non-hydrogen) atoms. The summed E-state index contributed by atoms with van der Waals surface area (Å²) < 4.78 is 28.7. The Morgan fingerprint density at radius 3 is 2.63 bits per heavy atom. The minimum atomic E-state index is -1.73. The first kappa shape index (κ1) is 20.1. The van der Waals surface area contributed by atoms with Gasteiger partial charge in [-0.2, -0.15) is 0 Å². The maximum Gasteiger partial charge on any atom is 0.205 e. The highest BCUT2D eigenvalue weighted by molar-refractivity contribution is 7.91. The van der Waals surface area contributed by atoms with Crippen molar-refractivity contribution in [1.82, 2.24) is 0 Å². The van der Waals surface area contributed by atoms with E-state index in [2.05, 4.69) is 16.6 Å². The van der Waals surface area contributed by atoms with Crippen LogP contribution in [0, 0.1) is 17.7 Å². The van der Waals surface area contributed by atoms with Gasteiger partial charge < -0.3 is 4.72 Å². The molecule has 0 saturated heterocycles. The summed E-state index contributed by atoms with van der Waals surface area (Å²) in [5.41, 5.74) is 3.17. The monoisotopic (exact) mass is 435 g/mol. The molecule has 0 spiro atoms. The summed E-state index contributed by atoms with van der Waals surface area (Å²) in [6.07, 6.45) is 2.05. The van der Waals surface area contributed by atoms with E-state index < -0.39 is 16.8 Å². The van der Waals surface area contributed by atoms with Gasteiger partial charge in [-0.25, -0.2) is 8.60 Å². The molecule has 3 nitrogen and oxygen atoms in total. The second-order valence-corrected chi connectivity index (χ2v) is 8.20. The third-order valence-corrected chi connectivity index (χ3v) is 5.90. The summed E-state index contributed by atoms with van der Waals surface area (Å²) in [5.74, 6) is 5.25. The van der Waals surface area contributed by atoms with Crippen LogP contribution in [0.1, 0.15) is 27.0 Å². The zero-order valence-electron chi connectivity index (χ0n) is 15.6. The maximum atomic E-state index is 13.4. The van der Waals surface area contributed by atoms with Crippen LogP contribution >= 0.6 is 11.6 Å². The van der Waals surface area contributed by atoms with E-state index in [4.69, 9.17) is 11.6 Å². The van der Waals surface area contributed by atoms with E-state index in [1.54, 1.807) is 18.2 Å². The molecule has 1 atom stereocenters. The van der Waals surface area contributed by atoms with E-state index in [0.29, 0.717) is 28.8 Å². The number of nitrogens with one attached hydrogen (secondary N) is 1. The molecule has 0 saturated carbocycles. The topological polar surface area (TPSA) is 46.2 Å². The quantitative estimate of drug-likeness (QED) is 0.433. The van der Waals surface area contributed by atoms with Crippen LogP contribution in [-0.4, -0.2) is 9.99 Å². The molecular weight excluding hydrogens is 421 g/mol. The highest BCUT2D eigenvalue weighted by atomic mass is 35.5. The molecule has 1 N–H and O–H groups in total. The SMILES string of the molecule is O=C1/C(=C/c2ccc(F)c(Cl)c2)S(=O)Nc2ccc(C#CCc3ccccc3)cc21. The predicted octanol–water partition coefficient (Wildman–Crippen LogP) is 5.39. The summed E-state index contributed by atoms with van der Waals surface area (Å²) in [5, 5.41) is -0.0669. The number of carbonyl (C=O) groups excluding carboxylic acids is 1. The summed E-state index contributed by atoms with van der Waals surface area (Å²) >= 11 is 5.80. The van der Waals surface area contributed by atoms with E-state index in [-0.39, 0.29) is 15.7 Å². The van der Waals surface area contributed by atoms with Gasteiger partial charge in [-0.3, -0.25) is 4.79 Å². The Hall–Kier alpha value is -3.20. The molecule has 1 aliphatic rings. The van der Waals surface area contributed by atoms with E-state index in [1.165, 1.54) is 24.3 Å². The average Bonchev–Trinajstić information content (AvgIpc) is 2.75. The molecular formula is C24H15ClFNO2S. The molecule has 4 rings (SSSR count). The van der Waals surface area contributed by atoms with Gasteiger partial charge in [-0.05, 0) is 47.5 Å². The number of benzene rings is 3. The lowest BCUT2D eigenvalue weighted by Crippen LogP contribution is -2.22. The van der Waals surface area contributed by atoms with E-state index >= 15 is 0 Å². The van der Waals surface area contributed by atoms with Gasteiger partial charge in [0, 0.05) is 17.5 Å². The van der Waals surface area contributed by atoms with Crippen LogP contribution in [0.3, 0.4) is 0 Å². The van der Waals surface area contributed by atoms with Crippen molar-refractivity contribution in [3.05, 3.63) is 105 Å². The zero-order valence-corrected chi connectivity index (χ0v) is 17.2. The van der Waals surface area contributed by atoms with Crippen molar-refractivity contribution < 1.29 is 13.4 Å². The van der Waals surface area contributed by atoms with Crippen LogP contribution in [0.4, 0.5) is 10.1 Å². The lowest BCUT2D eigenvalue weighted by atomic mass is 10.0. The smallest absolute Gasteiger partial charge is 0.205 e. The van der Waals surface area contributed by atoms with Crippen LogP contribution in [0.15, 0.2) is 71.6 Å². The van der Waals surface area contributed by atoms with Gasteiger partial charge in [0.25, 0.3) is 0 Å². The summed E-state index contributed by atoms with van der Waals surface area (Å²) in [7, 11) is -1.73. The molecule has 148 valence electrons. The largest absolute Gasteiger partial charge is 0.300 e. The van der Waals surface area contributed by atoms with Crippen LogP contribution in [0.5, 0.6) is 0 Å². The highest BCUT2D eigenvalue weighted by Crippen LogP contribution is 2.30. The second kappa shape index (κ2) is 8.66. The molecule has 0 amide bonds. The zero-order chi connectivity index (χ0) is 21.1. The maximum absolute atomic E-state index is 13.4. The van der Waals surface area contributed by atoms with Crippen molar-refractivity contribution >= 4 is 40.1 Å². The third kappa shape index (κ3) is 4.35. The molecule has 1 aliphatic heterocycles. The first-order valence-electron chi connectivity index (χ1n) is 9.08. The van der Waals surface area contributed by atoms with Crippen LogP contribution in [0.25, 0.3) is 6.08 Å². The fourth-order valence-corrected chi connectivity index (χ4v) is 4.19. The van der Waals surface area contributed by atoms with E-state index in [1.807, 2.05) is 30.3 Å². The number of rotatable bonds is 2. The van der Waals surface area contributed by atoms with Crippen molar-refractivity contribution in [3.63, 3.8) is 0 Å². The summed E-state index contributed by atoms with van der Waals surface area (Å²) in [4.78, 5) is 13.0. The number of hydrogen-bond donors (Lipinski definition) is 1. The summed E-state index contributed by atoms with van der Waals surface area (Å²) in [6.45, 7) is 0. The number of carbonyl (C=O) groups is 1. The number of ketones is 1. The predicted molar refractivity (Wildman–Crippen MR) is 119 cm³/mol. The minimum absolute atomic E-state index is 0.0669. The van der Waals surface area contributed by atoms with Crippen LogP contribution in [-0.2, 0) is 17.4 Å². The number of Topliss-reactive ketones (excluding diaryl/α,β-unsaturated/α-hetero) is 1. The van der Waals surface area contributed by atoms with Crippen molar-refractivity contribution in [1.29, 1.82) is 0 Å². The Kier molecular flexibility index (Phi) is 5.80. The number of fused-ring (bicyclic) bond motifs is 1. The molecule has 1 unspecified atom stereocenters. The number of halogens is 2. The molecule has 6 heteroatoms. The Balaban J connectivity index is 1.62. The Morgan fingerprint density at radius 2 is 1.87 bits per heavy atom. The van der Waals surface area contributed by atoms with Gasteiger partial charge in [0.05, 0.1) is 10.7 Å². The van der Waals surface area contributed by atoms with Gasteiger partial charge in [-0.1, -0.05) is 59.8 Å². The van der Waals surface area contributed by atoms with Crippen molar-refractivity contribution in [2.45, 2.75) is 6.42 Å². The molecule has 1 heterocycles. The molecule has 0 aromatic heterocycles. The normalized spacial score (nSPS) is 16.4. The number of hydrogen-bond acceptors (Lipinski definition) is 2. The van der Waals surface area contributed by atoms with E-state index in [0.717, 1.165) is 5.56 Å². The molecule has 0 bridgehead atoms. The third-order valence-electron chi connectivity index (χ3n) is 4.50. The van der Waals surface area contributed by atoms with Crippen molar-refractivity contribution in [2.75, 3.05) is 4.72 Å². The van der Waals surface area contributed by atoms with Gasteiger partial charge in [0.15, 0.2) is 11.0 Å². The first-order chi connectivity index (χ1) is 14.5. The van der Waals surface area contributed by atoms with Gasteiger partial charge in [-0.15, -0.1) is 0 Å². The molecule has 0 aliphatic carbocycles. The lowest BCUT2D eigenvalue weighted by Gasteiger charge is -2.19. The minimum Gasteiger partial charge on any atom is -0.300 e. The summed E-state index contributed by atoms with van der Waals surface area (Å²) in [6, 6.07) is 19.1. The van der Waals surface area contributed by atoms with Crippen molar-refractivity contribution in [2.24, 2.45) is 0 Å². The van der Waals surface area contributed by atoms with Gasteiger partial charge in [0.1, 0.15) is 10.7 Å². The lowest BCUT2D eigenvalue weighted by molar-refractivity contribution is 0.104.